The third-order valence-electron chi connectivity index (χ3n) is 3.11. The summed E-state index contributed by atoms with van der Waals surface area (Å²) in [6, 6.07) is 0.648. The summed E-state index contributed by atoms with van der Waals surface area (Å²) in [5.74, 6) is 0.883. The summed E-state index contributed by atoms with van der Waals surface area (Å²) >= 11 is 4.91. The molecule has 2 N–H and O–H groups in total. The fourth-order valence-electron chi connectivity index (χ4n) is 1.86. The molecule has 0 aliphatic heterocycles. The van der Waals surface area contributed by atoms with Crippen molar-refractivity contribution >= 4 is 17.2 Å². The minimum Gasteiger partial charge on any atom is -0.393 e. The highest BCUT2D eigenvalue weighted by Crippen LogP contribution is 2.35. The third kappa shape index (κ3) is 4.91. The van der Waals surface area contributed by atoms with E-state index in [1.165, 1.54) is 12.8 Å². The fraction of sp³-hybridized carbons (Fsp3) is 0.909. The summed E-state index contributed by atoms with van der Waals surface area (Å²) in [5, 5.41) is 0. The van der Waals surface area contributed by atoms with Gasteiger partial charge in [-0.05, 0) is 25.7 Å². The monoisotopic (exact) mass is 230 g/mol. The first-order valence-electron chi connectivity index (χ1n) is 5.66. The van der Waals surface area contributed by atoms with E-state index in [-0.39, 0.29) is 0 Å². The predicted octanol–water partition coefficient (Wildman–Crippen LogP) is 1.41. The van der Waals surface area contributed by atoms with Crippen LogP contribution in [0.3, 0.4) is 0 Å². The van der Waals surface area contributed by atoms with Crippen molar-refractivity contribution in [3.63, 3.8) is 0 Å². The Balaban J connectivity index is 2.32. The van der Waals surface area contributed by atoms with E-state index < -0.39 is 0 Å². The summed E-state index contributed by atoms with van der Waals surface area (Å²) in [7, 11) is 1.74. The van der Waals surface area contributed by atoms with E-state index in [4.69, 9.17) is 22.7 Å². The van der Waals surface area contributed by atoms with Crippen molar-refractivity contribution in [1.82, 2.24) is 4.90 Å². The Morgan fingerprint density at radius 2 is 2.20 bits per heavy atom. The standard InChI is InChI=1S/C11H22N2OS/c1-9(10-3-4-10)13(7-8-14-2)6-5-11(12)15/h9-10H,3-8H2,1-2H3,(H2,12,15). The molecule has 15 heavy (non-hydrogen) atoms. The molecule has 1 saturated carbocycles. The van der Waals surface area contributed by atoms with Gasteiger partial charge < -0.3 is 10.5 Å². The van der Waals surface area contributed by atoms with E-state index in [0.717, 1.165) is 32.0 Å². The molecular formula is C11H22N2OS. The minimum atomic E-state index is 0.611. The number of nitrogens with zero attached hydrogens (tertiary/aromatic N) is 1. The smallest absolute Gasteiger partial charge is 0.0740 e. The number of methoxy groups -OCH3 is 1. The fourth-order valence-corrected chi connectivity index (χ4v) is 1.95. The SMILES string of the molecule is COCCN(CCC(N)=S)C(C)C1CC1. The van der Waals surface area contributed by atoms with Crippen molar-refractivity contribution in [1.29, 1.82) is 0 Å². The van der Waals surface area contributed by atoms with Gasteiger partial charge in [-0.1, -0.05) is 12.2 Å². The lowest BCUT2D eigenvalue weighted by Gasteiger charge is -2.28. The summed E-state index contributed by atoms with van der Waals surface area (Å²) in [4.78, 5) is 3.06. The summed E-state index contributed by atoms with van der Waals surface area (Å²) in [6.45, 7) is 5.04. The molecule has 0 aromatic carbocycles. The molecular weight excluding hydrogens is 208 g/mol. The Morgan fingerprint density at radius 3 is 2.67 bits per heavy atom. The summed E-state index contributed by atoms with van der Waals surface area (Å²) in [6.07, 6.45) is 3.56. The number of hydrogen-bond acceptors (Lipinski definition) is 3. The van der Waals surface area contributed by atoms with Crippen molar-refractivity contribution in [2.24, 2.45) is 11.7 Å². The van der Waals surface area contributed by atoms with Crippen LogP contribution >= 0.6 is 12.2 Å². The highest BCUT2D eigenvalue weighted by atomic mass is 32.1. The van der Waals surface area contributed by atoms with Crippen LogP contribution in [0.15, 0.2) is 0 Å². The molecule has 0 spiro atoms. The Morgan fingerprint density at radius 1 is 1.53 bits per heavy atom. The minimum absolute atomic E-state index is 0.611. The van der Waals surface area contributed by atoms with E-state index >= 15 is 0 Å². The van der Waals surface area contributed by atoms with Crippen molar-refractivity contribution in [3.05, 3.63) is 0 Å². The average molecular weight is 230 g/mol. The van der Waals surface area contributed by atoms with Gasteiger partial charge in [-0.3, -0.25) is 4.90 Å². The average Bonchev–Trinajstić information content (AvgIpc) is 3.00. The molecule has 1 fully saturated rings. The second-order valence-electron chi connectivity index (χ2n) is 4.32. The predicted molar refractivity (Wildman–Crippen MR) is 67.0 cm³/mol. The van der Waals surface area contributed by atoms with Crippen LogP contribution in [0.25, 0.3) is 0 Å². The second kappa shape index (κ2) is 6.40. The molecule has 1 aliphatic rings. The second-order valence-corrected chi connectivity index (χ2v) is 4.85. The van der Waals surface area contributed by atoms with Crippen molar-refractivity contribution in [2.45, 2.75) is 32.2 Å². The van der Waals surface area contributed by atoms with Gasteiger partial charge in [-0.2, -0.15) is 0 Å². The summed E-state index contributed by atoms with van der Waals surface area (Å²) < 4.78 is 5.12. The maximum Gasteiger partial charge on any atom is 0.0740 e. The van der Waals surface area contributed by atoms with E-state index in [1.807, 2.05) is 0 Å². The first kappa shape index (κ1) is 12.9. The number of thiocarbonyl (C=S) groups is 1. The Labute approximate surface area is 98.0 Å². The molecule has 0 saturated heterocycles. The molecule has 88 valence electrons. The van der Waals surface area contributed by atoms with Crippen molar-refractivity contribution < 1.29 is 4.74 Å². The molecule has 0 bridgehead atoms. The van der Waals surface area contributed by atoms with Gasteiger partial charge in [0.05, 0.1) is 11.6 Å². The molecule has 1 aliphatic carbocycles. The number of rotatable bonds is 8. The molecule has 0 radical (unpaired) electrons. The maximum atomic E-state index is 5.53. The first-order chi connectivity index (χ1) is 7.15. The van der Waals surface area contributed by atoms with Gasteiger partial charge in [0.1, 0.15) is 0 Å². The largest absolute Gasteiger partial charge is 0.393 e. The highest BCUT2D eigenvalue weighted by molar-refractivity contribution is 7.80. The molecule has 1 unspecified atom stereocenters. The van der Waals surface area contributed by atoms with E-state index in [2.05, 4.69) is 11.8 Å². The number of hydrogen-bond donors (Lipinski definition) is 1. The van der Waals surface area contributed by atoms with Gasteiger partial charge in [0.25, 0.3) is 0 Å². The van der Waals surface area contributed by atoms with E-state index in [9.17, 15) is 0 Å². The molecule has 4 heteroatoms. The van der Waals surface area contributed by atoms with Crippen LogP contribution in [0.4, 0.5) is 0 Å². The molecule has 0 amide bonds. The van der Waals surface area contributed by atoms with Gasteiger partial charge in [0, 0.05) is 32.7 Å². The van der Waals surface area contributed by atoms with E-state index in [1.54, 1.807) is 7.11 Å². The topological polar surface area (TPSA) is 38.5 Å². The quantitative estimate of drug-likeness (QED) is 0.640. The van der Waals surface area contributed by atoms with Crippen LogP contribution in [0, 0.1) is 5.92 Å². The van der Waals surface area contributed by atoms with Crippen molar-refractivity contribution in [3.8, 4) is 0 Å². The lowest BCUT2D eigenvalue weighted by atomic mass is 10.1. The van der Waals surface area contributed by atoms with Crippen LogP contribution in [0.2, 0.25) is 0 Å². The number of nitrogens with two attached hydrogens (primary N) is 1. The van der Waals surface area contributed by atoms with Crippen LogP contribution < -0.4 is 5.73 Å². The zero-order valence-corrected chi connectivity index (χ0v) is 10.6. The zero-order valence-electron chi connectivity index (χ0n) is 9.74. The highest BCUT2D eigenvalue weighted by Gasteiger charge is 2.31. The van der Waals surface area contributed by atoms with E-state index in [0.29, 0.717) is 11.0 Å². The maximum absolute atomic E-state index is 5.53. The third-order valence-corrected chi connectivity index (χ3v) is 3.31. The molecule has 1 atom stereocenters. The first-order valence-corrected chi connectivity index (χ1v) is 6.07. The summed E-state index contributed by atoms with van der Waals surface area (Å²) in [5.41, 5.74) is 5.53. The van der Waals surface area contributed by atoms with Crippen LogP contribution in [-0.2, 0) is 4.74 Å². The van der Waals surface area contributed by atoms with Crippen LogP contribution in [-0.4, -0.2) is 42.7 Å². The van der Waals surface area contributed by atoms with Crippen LogP contribution in [0.5, 0.6) is 0 Å². The van der Waals surface area contributed by atoms with Gasteiger partial charge in [0.15, 0.2) is 0 Å². The normalized spacial score (nSPS) is 18.1. The Bertz CT molecular complexity index is 207. The number of ether oxygens (including phenoxy) is 1. The van der Waals surface area contributed by atoms with Gasteiger partial charge in [-0.15, -0.1) is 0 Å². The lowest BCUT2D eigenvalue weighted by molar-refractivity contribution is 0.119. The molecule has 3 nitrogen and oxygen atoms in total. The van der Waals surface area contributed by atoms with Crippen molar-refractivity contribution in [2.75, 3.05) is 26.8 Å². The molecule has 0 aromatic rings. The Kier molecular flexibility index (Phi) is 5.50. The van der Waals surface area contributed by atoms with Gasteiger partial charge in [0.2, 0.25) is 0 Å². The van der Waals surface area contributed by atoms with Crippen LogP contribution in [0.1, 0.15) is 26.2 Å². The molecule has 1 rings (SSSR count). The van der Waals surface area contributed by atoms with Gasteiger partial charge >= 0.3 is 0 Å². The molecule has 0 heterocycles. The molecule has 0 aromatic heterocycles. The van der Waals surface area contributed by atoms with Gasteiger partial charge in [-0.25, -0.2) is 0 Å². The zero-order chi connectivity index (χ0) is 11.3. The lowest BCUT2D eigenvalue weighted by Crippen LogP contribution is -2.39. The Hall–Kier alpha value is -0.190.